The summed E-state index contributed by atoms with van der Waals surface area (Å²) in [4.78, 5) is 14.3. The van der Waals surface area contributed by atoms with Gasteiger partial charge in [-0.3, -0.25) is 14.4 Å². The van der Waals surface area contributed by atoms with Crippen molar-refractivity contribution in [3.63, 3.8) is 0 Å². The second-order valence-corrected chi connectivity index (χ2v) is 5.18. The van der Waals surface area contributed by atoms with Gasteiger partial charge in [-0.15, -0.1) is 0 Å². The third-order valence-electron chi connectivity index (χ3n) is 3.48. The van der Waals surface area contributed by atoms with Gasteiger partial charge in [0.05, 0.1) is 12.1 Å². The lowest BCUT2D eigenvalue weighted by atomic mass is 9.97. The monoisotopic (exact) mass is 265 g/mol. The lowest BCUT2D eigenvalue weighted by Gasteiger charge is -2.31. The van der Waals surface area contributed by atoms with Crippen molar-refractivity contribution in [2.45, 2.75) is 19.4 Å². The molecule has 0 aliphatic carbocycles. The van der Waals surface area contributed by atoms with E-state index < -0.39 is 0 Å². The molecule has 6 nitrogen and oxygen atoms in total. The van der Waals surface area contributed by atoms with Crippen molar-refractivity contribution >= 4 is 5.91 Å². The van der Waals surface area contributed by atoms with E-state index in [1.54, 1.807) is 0 Å². The Kier molecular flexibility index (Phi) is 4.93. The molecule has 2 heterocycles. The molecular formula is C13H23N5O. The predicted molar refractivity (Wildman–Crippen MR) is 73.3 cm³/mol. The maximum absolute atomic E-state index is 11.9. The van der Waals surface area contributed by atoms with E-state index in [9.17, 15) is 4.79 Å². The number of nitrogens with two attached hydrogens (primary N) is 1. The van der Waals surface area contributed by atoms with Crippen molar-refractivity contribution in [1.82, 2.24) is 20.0 Å². The molecular weight excluding hydrogens is 242 g/mol. The van der Waals surface area contributed by atoms with Gasteiger partial charge in [-0.25, -0.2) is 0 Å². The molecule has 0 spiro atoms. The van der Waals surface area contributed by atoms with Crippen molar-refractivity contribution in [3.05, 3.63) is 18.0 Å². The second-order valence-electron chi connectivity index (χ2n) is 5.18. The maximum atomic E-state index is 11.9. The van der Waals surface area contributed by atoms with E-state index in [1.807, 2.05) is 24.1 Å². The molecule has 1 aliphatic heterocycles. The zero-order valence-electron chi connectivity index (χ0n) is 11.5. The third-order valence-corrected chi connectivity index (χ3v) is 3.48. The van der Waals surface area contributed by atoms with E-state index in [0.29, 0.717) is 13.1 Å². The van der Waals surface area contributed by atoms with Crippen LogP contribution >= 0.6 is 0 Å². The van der Waals surface area contributed by atoms with Gasteiger partial charge in [-0.2, -0.15) is 5.10 Å². The zero-order chi connectivity index (χ0) is 13.7. The Morgan fingerprint density at radius 1 is 1.63 bits per heavy atom. The fourth-order valence-corrected chi connectivity index (χ4v) is 2.56. The molecule has 3 N–H and O–H groups in total. The molecule has 1 saturated heterocycles. The molecule has 1 unspecified atom stereocenters. The minimum atomic E-state index is 0.0944. The molecule has 1 atom stereocenters. The molecule has 1 aromatic heterocycles. The number of likely N-dealkylation sites (tertiary alicyclic amines) is 1. The van der Waals surface area contributed by atoms with Crippen LogP contribution in [0.25, 0.3) is 0 Å². The first kappa shape index (κ1) is 14.0. The van der Waals surface area contributed by atoms with Gasteiger partial charge in [0.15, 0.2) is 0 Å². The van der Waals surface area contributed by atoms with Crippen molar-refractivity contribution in [1.29, 1.82) is 0 Å². The van der Waals surface area contributed by atoms with E-state index in [0.717, 1.165) is 32.5 Å². The van der Waals surface area contributed by atoms with Gasteiger partial charge in [-0.1, -0.05) is 0 Å². The summed E-state index contributed by atoms with van der Waals surface area (Å²) in [6.07, 6.45) is 5.96. The number of aromatic nitrogens is 2. The summed E-state index contributed by atoms with van der Waals surface area (Å²) in [6, 6.07) is 0. The molecule has 2 rings (SSSR count). The third kappa shape index (κ3) is 4.04. The SMILES string of the molecule is Cn1cc(CN2CCCC(C(=O)NCCN)C2)cn1. The number of aryl methyl sites for hydroxylation is 1. The number of hydrogen-bond donors (Lipinski definition) is 2. The van der Waals surface area contributed by atoms with Gasteiger partial charge in [-0.05, 0) is 19.4 Å². The molecule has 6 heteroatoms. The van der Waals surface area contributed by atoms with Crippen LogP contribution in [-0.2, 0) is 18.4 Å². The molecule has 1 fully saturated rings. The molecule has 19 heavy (non-hydrogen) atoms. The highest BCUT2D eigenvalue weighted by atomic mass is 16.1. The average Bonchev–Trinajstić information content (AvgIpc) is 2.81. The lowest BCUT2D eigenvalue weighted by molar-refractivity contribution is -0.126. The maximum Gasteiger partial charge on any atom is 0.224 e. The highest BCUT2D eigenvalue weighted by molar-refractivity contribution is 5.78. The number of amides is 1. The predicted octanol–water partition coefficient (Wildman–Crippen LogP) is -0.293. The van der Waals surface area contributed by atoms with Crippen LogP contribution in [0.4, 0.5) is 0 Å². The zero-order valence-corrected chi connectivity index (χ0v) is 11.5. The van der Waals surface area contributed by atoms with Crippen LogP contribution in [0.1, 0.15) is 18.4 Å². The molecule has 0 radical (unpaired) electrons. The summed E-state index contributed by atoms with van der Waals surface area (Å²) in [5.74, 6) is 0.235. The van der Waals surface area contributed by atoms with Crippen LogP contribution in [0.5, 0.6) is 0 Å². The van der Waals surface area contributed by atoms with Gasteiger partial charge in [0.2, 0.25) is 5.91 Å². The molecule has 1 amide bonds. The molecule has 0 aromatic carbocycles. The number of nitrogens with one attached hydrogen (secondary N) is 1. The summed E-state index contributed by atoms with van der Waals surface area (Å²) >= 11 is 0. The van der Waals surface area contributed by atoms with Crippen molar-refractivity contribution in [2.75, 3.05) is 26.2 Å². The molecule has 1 aliphatic rings. The number of carbonyl (C=O) groups is 1. The fraction of sp³-hybridized carbons (Fsp3) is 0.692. The average molecular weight is 265 g/mol. The van der Waals surface area contributed by atoms with Gasteiger partial charge in [0.25, 0.3) is 0 Å². The van der Waals surface area contributed by atoms with Crippen LogP contribution in [0, 0.1) is 5.92 Å². The van der Waals surface area contributed by atoms with Gasteiger partial charge >= 0.3 is 0 Å². The number of nitrogens with zero attached hydrogens (tertiary/aromatic N) is 3. The van der Waals surface area contributed by atoms with Gasteiger partial charge < -0.3 is 11.1 Å². The second kappa shape index (κ2) is 6.68. The van der Waals surface area contributed by atoms with Crippen LogP contribution in [0.15, 0.2) is 12.4 Å². The number of piperidine rings is 1. The number of rotatable bonds is 5. The van der Waals surface area contributed by atoms with Crippen molar-refractivity contribution in [3.8, 4) is 0 Å². The Balaban J connectivity index is 1.84. The molecule has 0 bridgehead atoms. The molecule has 1 aromatic rings. The Bertz CT molecular complexity index is 417. The smallest absolute Gasteiger partial charge is 0.224 e. The summed E-state index contributed by atoms with van der Waals surface area (Å²) in [5, 5.41) is 7.06. The van der Waals surface area contributed by atoms with E-state index in [2.05, 4.69) is 15.3 Å². The van der Waals surface area contributed by atoms with Crippen LogP contribution in [0.3, 0.4) is 0 Å². The topological polar surface area (TPSA) is 76.2 Å². The number of hydrogen-bond acceptors (Lipinski definition) is 4. The van der Waals surface area contributed by atoms with E-state index in [1.165, 1.54) is 5.56 Å². The summed E-state index contributed by atoms with van der Waals surface area (Å²) in [7, 11) is 1.92. The van der Waals surface area contributed by atoms with E-state index in [-0.39, 0.29) is 11.8 Å². The van der Waals surface area contributed by atoms with Gasteiger partial charge in [0.1, 0.15) is 0 Å². The first-order valence-electron chi connectivity index (χ1n) is 6.86. The minimum Gasteiger partial charge on any atom is -0.355 e. The minimum absolute atomic E-state index is 0.0944. The normalized spacial score (nSPS) is 20.4. The van der Waals surface area contributed by atoms with Crippen LogP contribution in [-0.4, -0.2) is 46.8 Å². The standard InChI is InChI=1S/C13H23N5O/c1-17-8-11(7-16-17)9-18-6-2-3-12(10-18)13(19)15-5-4-14/h7-8,12H,2-6,9-10,14H2,1H3,(H,15,19). The largest absolute Gasteiger partial charge is 0.355 e. The quantitative estimate of drug-likeness (QED) is 0.767. The first-order chi connectivity index (χ1) is 9.19. The lowest BCUT2D eigenvalue weighted by Crippen LogP contribution is -2.43. The van der Waals surface area contributed by atoms with Gasteiger partial charge in [0, 0.05) is 45.0 Å². The first-order valence-corrected chi connectivity index (χ1v) is 6.86. The summed E-state index contributed by atoms with van der Waals surface area (Å²) in [6.45, 7) is 3.81. The van der Waals surface area contributed by atoms with Crippen molar-refractivity contribution in [2.24, 2.45) is 18.7 Å². The Hall–Kier alpha value is -1.40. The Morgan fingerprint density at radius 3 is 3.16 bits per heavy atom. The van der Waals surface area contributed by atoms with Crippen molar-refractivity contribution < 1.29 is 4.79 Å². The summed E-state index contributed by atoms with van der Waals surface area (Å²) < 4.78 is 1.81. The van der Waals surface area contributed by atoms with E-state index in [4.69, 9.17) is 5.73 Å². The molecule has 0 saturated carbocycles. The fourth-order valence-electron chi connectivity index (χ4n) is 2.56. The number of carbonyl (C=O) groups excluding carboxylic acids is 1. The molecule has 106 valence electrons. The Labute approximate surface area is 113 Å². The Morgan fingerprint density at radius 2 is 2.47 bits per heavy atom. The van der Waals surface area contributed by atoms with E-state index >= 15 is 0 Å². The highest BCUT2D eigenvalue weighted by Crippen LogP contribution is 2.18. The summed E-state index contributed by atoms with van der Waals surface area (Å²) in [5.41, 5.74) is 6.60. The van der Waals surface area contributed by atoms with Crippen LogP contribution in [0.2, 0.25) is 0 Å². The highest BCUT2D eigenvalue weighted by Gasteiger charge is 2.25. The van der Waals surface area contributed by atoms with Crippen LogP contribution < -0.4 is 11.1 Å².